The van der Waals surface area contributed by atoms with Gasteiger partial charge in [-0.1, -0.05) is 0 Å². The summed E-state index contributed by atoms with van der Waals surface area (Å²) in [4.78, 5) is 17.3. The molecular weight excluding hydrogens is 248 g/mol. The van der Waals surface area contributed by atoms with Crippen LogP contribution in [0.3, 0.4) is 0 Å². The molecule has 2 heterocycles. The van der Waals surface area contributed by atoms with Crippen LogP contribution >= 0.6 is 11.3 Å². The molecule has 2 aromatic heterocycles. The van der Waals surface area contributed by atoms with Crippen LogP contribution in [-0.2, 0) is 4.74 Å². The third-order valence-electron chi connectivity index (χ3n) is 2.48. The van der Waals surface area contributed by atoms with Crippen molar-refractivity contribution < 1.29 is 9.53 Å². The molecule has 4 nitrogen and oxygen atoms in total. The first-order valence-corrected chi connectivity index (χ1v) is 6.02. The third-order valence-corrected chi connectivity index (χ3v) is 3.49. The van der Waals surface area contributed by atoms with Crippen molar-refractivity contribution in [1.29, 1.82) is 5.26 Å². The van der Waals surface area contributed by atoms with Gasteiger partial charge in [-0.2, -0.15) is 5.26 Å². The first-order valence-electron chi connectivity index (χ1n) is 5.21. The van der Waals surface area contributed by atoms with Crippen molar-refractivity contribution in [3.8, 4) is 16.6 Å². The summed E-state index contributed by atoms with van der Waals surface area (Å²) >= 11 is 1.34. The van der Waals surface area contributed by atoms with E-state index in [9.17, 15) is 4.79 Å². The second-order valence-electron chi connectivity index (χ2n) is 3.65. The number of hydrogen-bond acceptors (Lipinski definition) is 5. The molecular formula is C13H10N2O2S. The van der Waals surface area contributed by atoms with E-state index < -0.39 is 0 Å². The van der Waals surface area contributed by atoms with E-state index in [-0.39, 0.29) is 5.97 Å². The van der Waals surface area contributed by atoms with E-state index in [0.29, 0.717) is 16.1 Å². The normalized spacial score (nSPS) is 9.83. The van der Waals surface area contributed by atoms with Gasteiger partial charge in [0, 0.05) is 6.20 Å². The molecule has 18 heavy (non-hydrogen) atoms. The Hall–Kier alpha value is -2.19. The molecule has 2 aromatic rings. The Morgan fingerprint density at radius 1 is 1.50 bits per heavy atom. The number of pyridine rings is 1. The molecule has 0 saturated carbocycles. The SMILES string of the molecule is COC(=O)c1cc(-c2ccc(C#N)s2)ncc1C. The number of aromatic nitrogens is 1. The van der Waals surface area contributed by atoms with Gasteiger partial charge in [-0.05, 0) is 30.7 Å². The summed E-state index contributed by atoms with van der Waals surface area (Å²) in [5.41, 5.74) is 1.93. The van der Waals surface area contributed by atoms with Gasteiger partial charge >= 0.3 is 5.97 Å². The van der Waals surface area contributed by atoms with E-state index in [1.54, 1.807) is 25.3 Å². The highest BCUT2D eigenvalue weighted by atomic mass is 32.1. The maximum Gasteiger partial charge on any atom is 0.338 e. The molecule has 0 aliphatic carbocycles. The quantitative estimate of drug-likeness (QED) is 0.777. The van der Waals surface area contributed by atoms with Crippen LogP contribution < -0.4 is 0 Å². The van der Waals surface area contributed by atoms with E-state index >= 15 is 0 Å². The van der Waals surface area contributed by atoms with Gasteiger partial charge in [-0.25, -0.2) is 4.79 Å². The predicted molar refractivity (Wildman–Crippen MR) is 68.3 cm³/mol. The molecule has 2 rings (SSSR count). The Kier molecular flexibility index (Phi) is 3.40. The first kappa shape index (κ1) is 12.3. The lowest BCUT2D eigenvalue weighted by atomic mass is 10.1. The number of carbonyl (C=O) groups excluding carboxylic acids is 1. The molecule has 0 aliphatic heterocycles. The number of thiophene rings is 1. The smallest absolute Gasteiger partial charge is 0.338 e. The van der Waals surface area contributed by atoms with Gasteiger partial charge in [0.25, 0.3) is 0 Å². The molecule has 0 unspecified atom stereocenters. The fraction of sp³-hybridized carbons (Fsp3) is 0.154. The fourth-order valence-electron chi connectivity index (χ4n) is 1.52. The number of rotatable bonds is 2. The van der Waals surface area contributed by atoms with Crippen molar-refractivity contribution in [2.45, 2.75) is 6.92 Å². The van der Waals surface area contributed by atoms with Gasteiger partial charge in [0.2, 0.25) is 0 Å². The average Bonchev–Trinajstić information content (AvgIpc) is 2.87. The summed E-state index contributed by atoms with van der Waals surface area (Å²) in [6, 6.07) is 7.32. The minimum Gasteiger partial charge on any atom is -0.465 e. The molecule has 90 valence electrons. The highest BCUT2D eigenvalue weighted by Gasteiger charge is 2.12. The highest BCUT2D eigenvalue weighted by molar-refractivity contribution is 7.15. The van der Waals surface area contributed by atoms with Crippen LogP contribution in [0.4, 0.5) is 0 Å². The monoisotopic (exact) mass is 258 g/mol. The number of esters is 1. The zero-order valence-electron chi connectivity index (χ0n) is 9.93. The topological polar surface area (TPSA) is 63.0 Å². The number of carbonyl (C=O) groups is 1. The number of aryl methyl sites for hydroxylation is 1. The molecule has 0 spiro atoms. The lowest BCUT2D eigenvalue weighted by Crippen LogP contribution is -2.04. The van der Waals surface area contributed by atoms with Gasteiger partial charge < -0.3 is 4.74 Å². The van der Waals surface area contributed by atoms with Crippen LogP contribution in [0.1, 0.15) is 20.8 Å². The van der Waals surface area contributed by atoms with Crippen LogP contribution in [0.5, 0.6) is 0 Å². The Bertz CT molecular complexity index is 641. The number of hydrogen-bond donors (Lipinski definition) is 0. The van der Waals surface area contributed by atoms with Crippen molar-refractivity contribution in [3.63, 3.8) is 0 Å². The minimum atomic E-state index is -0.381. The van der Waals surface area contributed by atoms with Crippen LogP contribution in [0.15, 0.2) is 24.4 Å². The van der Waals surface area contributed by atoms with Crippen molar-refractivity contribution in [3.05, 3.63) is 40.4 Å². The minimum absolute atomic E-state index is 0.381. The fourth-order valence-corrected chi connectivity index (χ4v) is 2.29. The summed E-state index contributed by atoms with van der Waals surface area (Å²) in [5, 5.41) is 8.79. The second kappa shape index (κ2) is 4.98. The van der Waals surface area contributed by atoms with Crippen molar-refractivity contribution in [1.82, 2.24) is 4.98 Å². The average molecular weight is 258 g/mol. The Labute approximate surface area is 108 Å². The maximum atomic E-state index is 11.6. The van der Waals surface area contributed by atoms with Crippen molar-refractivity contribution in [2.75, 3.05) is 7.11 Å². The van der Waals surface area contributed by atoms with Crippen molar-refractivity contribution >= 4 is 17.3 Å². The second-order valence-corrected chi connectivity index (χ2v) is 4.74. The molecule has 5 heteroatoms. The number of ether oxygens (including phenoxy) is 1. The van der Waals surface area contributed by atoms with Crippen LogP contribution in [-0.4, -0.2) is 18.1 Å². The molecule has 0 N–H and O–H groups in total. The first-order chi connectivity index (χ1) is 8.65. The number of methoxy groups -OCH3 is 1. The Morgan fingerprint density at radius 3 is 2.89 bits per heavy atom. The van der Waals surface area contributed by atoms with E-state index in [4.69, 9.17) is 10.00 Å². The van der Waals surface area contributed by atoms with Crippen LogP contribution in [0.2, 0.25) is 0 Å². The molecule has 0 bridgehead atoms. The van der Waals surface area contributed by atoms with Crippen LogP contribution in [0.25, 0.3) is 10.6 Å². The third kappa shape index (κ3) is 2.24. The van der Waals surface area contributed by atoms with Crippen molar-refractivity contribution in [2.24, 2.45) is 0 Å². The lowest BCUT2D eigenvalue weighted by Gasteiger charge is -2.05. The predicted octanol–water partition coefficient (Wildman–Crippen LogP) is 2.78. The van der Waals surface area contributed by atoms with Gasteiger partial charge in [0.15, 0.2) is 0 Å². The van der Waals surface area contributed by atoms with E-state index in [2.05, 4.69) is 11.1 Å². The summed E-state index contributed by atoms with van der Waals surface area (Å²) in [7, 11) is 1.35. The number of nitrogens with zero attached hydrogens (tertiary/aromatic N) is 2. The van der Waals surface area contributed by atoms with E-state index in [1.165, 1.54) is 18.4 Å². The lowest BCUT2D eigenvalue weighted by molar-refractivity contribution is 0.0600. The molecule has 0 amide bonds. The Balaban J connectivity index is 2.47. The van der Waals surface area contributed by atoms with Gasteiger partial charge in [-0.3, -0.25) is 4.98 Å². The highest BCUT2D eigenvalue weighted by Crippen LogP contribution is 2.27. The number of nitriles is 1. The summed E-state index contributed by atoms with van der Waals surface area (Å²) in [5.74, 6) is -0.381. The zero-order chi connectivity index (χ0) is 13.1. The molecule has 0 aliphatic rings. The van der Waals surface area contributed by atoms with E-state index in [1.807, 2.05) is 6.07 Å². The van der Waals surface area contributed by atoms with Crippen LogP contribution in [0, 0.1) is 18.3 Å². The molecule has 0 radical (unpaired) electrons. The standard InChI is InChI=1S/C13H10N2O2S/c1-8-7-15-11(5-10(8)13(16)17-2)12-4-3-9(6-14)18-12/h3-5,7H,1-2H3. The van der Waals surface area contributed by atoms with Gasteiger partial charge in [0.05, 0.1) is 23.2 Å². The van der Waals surface area contributed by atoms with Gasteiger partial charge in [0.1, 0.15) is 10.9 Å². The van der Waals surface area contributed by atoms with Gasteiger partial charge in [-0.15, -0.1) is 11.3 Å². The summed E-state index contributed by atoms with van der Waals surface area (Å²) in [6.45, 7) is 1.80. The maximum absolute atomic E-state index is 11.6. The Morgan fingerprint density at radius 2 is 2.28 bits per heavy atom. The van der Waals surface area contributed by atoms with E-state index in [0.717, 1.165) is 10.4 Å². The molecule has 0 saturated heterocycles. The largest absolute Gasteiger partial charge is 0.465 e. The summed E-state index contributed by atoms with van der Waals surface area (Å²) in [6.07, 6.45) is 1.63. The molecule has 0 atom stereocenters. The summed E-state index contributed by atoms with van der Waals surface area (Å²) < 4.78 is 4.72. The molecule has 0 fully saturated rings. The zero-order valence-corrected chi connectivity index (χ0v) is 10.7. The molecule has 0 aromatic carbocycles.